The van der Waals surface area contributed by atoms with Gasteiger partial charge in [0.05, 0.1) is 0 Å². The van der Waals surface area contributed by atoms with Crippen LogP contribution in [-0.4, -0.2) is 18.8 Å². The van der Waals surface area contributed by atoms with E-state index in [-0.39, 0.29) is 2.85 Å². The predicted molar refractivity (Wildman–Crippen MR) is 59.5 cm³/mol. The Morgan fingerprint density at radius 3 is 1.92 bits per heavy atom. The molecule has 1 aliphatic heterocycles. The average molecular weight is 176 g/mol. The molecule has 2 aliphatic rings. The molecule has 0 unspecified atom stereocenters. The highest BCUT2D eigenvalue weighted by molar-refractivity contribution is 5.06. The molecule has 0 amide bonds. The van der Waals surface area contributed by atoms with Crippen LogP contribution in [0.4, 0.5) is 0 Å². The summed E-state index contributed by atoms with van der Waals surface area (Å²) >= 11 is 0. The molecule has 2 heteroatoms. The molecule has 1 aliphatic carbocycles. The molecule has 1 saturated heterocycles. The topological polar surface area (TPSA) is 24.1 Å². The molecule has 2 N–H and O–H groups in total. The summed E-state index contributed by atoms with van der Waals surface area (Å²) in [6.45, 7) is 10.5. The fourth-order valence-electron chi connectivity index (χ4n) is 1.12. The van der Waals surface area contributed by atoms with Gasteiger partial charge < -0.3 is 5.32 Å². The zero-order valence-electron chi connectivity index (χ0n) is 9.04. The molecule has 12 heavy (non-hydrogen) atoms. The Hall–Kier alpha value is -0.0800. The number of rotatable bonds is 0. The second-order valence-corrected chi connectivity index (χ2v) is 3.27. The van der Waals surface area contributed by atoms with Crippen molar-refractivity contribution in [3.63, 3.8) is 0 Å². The molecular formula is C10H28N2. The van der Waals surface area contributed by atoms with Crippen LogP contribution in [0.3, 0.4) is 0 Å². The van der Waals surface area contributed by atoms with Crippen LogP contribution in [-0.2, 0) is 0 Å². The third-order valence-electron chi connectivity index (χ3n) is 1.91. The summed E-state index contributed by atoms with van der Waals surface area (Å²) in [4.78, 5) is 0. The lowest BCUT2D eigenvalue weighted by atomic mass is 10.3. The highest BCUT2D eigenvalue weighted by Crippen LogP contribution is 2.35. The van der Waals surface area contributed by atoms with Gasteiger partial charge in [-0.1, -0.05) is 34.1 Å². The first-order valence-corrected chi connectivity index (χ1v) is 5.29. The lowest BCUT2D eigenvalue weighted by Gasteiger charge is -1.99. The van der Waals surface area contributed by atoms with Gasteiger partial charge in [0.15, 0.2) is 0 Å². The second kappa shape index (κ2) is 6.44. The first-order chi connectivity index (χ1) is 5.83. The Kier molecular flexibility index (Phi) is 6.39. The quantitative estimate of drug-likeness (QED) is 0.593. The smallest absolute Gasteiger partial charge is 0.0459 e. The van der Waals surface area contributed by atoms with Crippen LogP contribution in [0.25, 0.3) is 0 Å². The fraction of sp³-hybridized carbons (Fsp3) is 1.00. The molecule has 2 nitrogen and oxygen atoms in total. The van der Waals surface area contributed by atoms with Crippen molar-refractivity contribution in [2.45, 2.75) is 52.5 Å². The molecule has 0 atom stereocenters. The summed E-state index contributed by atoms with van der Waals surface area (Å²) < 4.78 is 0. The molecular weight excluding hydrogens is 148 g/mol. The molecule has 1 spiro atoms. The Labute approximate surface area is 80.1 Å². The molecule has 0 radical (unpaired) electrons. The average Bonchev–Trinajstić information content (AvgIpc) is 2.65. The zero-order chi connectivity index (χ0) is 9.45. The maximum absolute atomic E-state index is 3.40. The van der Waals surface area contributed by atoms with Crippen molar-refractivity contribution in [1.29, 1.82) is 0 Å². The first kappa shape index (κ1) is 11.9. The van der Waals surface area contributed by atoms with Gasteiger partial charge in [-0.3, -0.25) is 5.32 Å². The van der Waals surface area contributed by atoms with Crippen molar-refractivity contribution in [2.24, 2.45) is 0 Å². The van der Waals surface area contributed by atoms with Crippen LogP contribution in [0, 0.1) is 0 Å². The number of nitrogens with one attached hydrogen (secondary N) is 2. The summed E-state index contributed by atoms with van der Waals surface area (Å²) in [6, 6.07) is 0. The van der Waals surface area contributed by atoms with Gasteiger partial charge >= 0.3 is 0 Å². The van der Waals surface area contributed by atoms with Crippen molar-refractivity contribution in [1.82, 2.24) is 10.6 Å². The third-order valence-corrected chi connectivity index (χ3v) is 1.91. The molecule has 78 valence electrons. The Bertz CT molecular complexity index is 98.3. The van der Waals surface area contributed by atoms with E-state index in [1.54, 1.807) is 0 Å². The van der Waals surface area contributed by atoms with E-state index in [9.17, 15) is 0 Å². The van der Waals surface area contributed by atoms with Gasteiger partial charge in [0.2, 0.25) is 0 Å². The fourth-order valence-corrected chi connectivity index (χ4v) is 1.12. The highest BCUT2D eigenvalue weighted by atomic mass is 15.2. The molecule has 1 heterocycles. The summed E-state index contributed by atoms with van der Waals surface area (Å²) in [6.07, 6.45) is 4.03. The Balaban J connectivity index is -0.000000155. The normalized spacial score (nSPS) is 22.0. The predicted octanol–water partition coefficient (Wildman–Crippen LogP) is 2.60. The standard InChI is InChI=1S/C5H10N2.C3H8.C2H6.2H2/c1-2-5(1)3-6-4-7-5;1-3-2;1-2;;/h6-7H,1-4H2;3H2,1-2H3;1-2H3;2*1H. The van der Waals surface area contributed by atoms with Gasteiger partial charge in [-0.15, -0.1) is 0 Å². The maximum atomic E-state index is 3.40. The van der Waals surface area contributed by atoms with E-state index in [1.807, 2.05) is 13.8 Å². The first-order valence-electron chi connectivity index (χ1n) is 5.29. The van der Waals surface area contributed by atoms with Crippen LogP contribution in [0.15, 0.2) is 0 Å². The van der Waals surface area contributed by atoms with Gasteiger partial charge in [-0.25, -0.2) is 0 Å². The van der Waals surface area contributed by atoms with Crippen LogP contribution >= 0.6 is 0 Å². The molecule has 1 saturated carbocycles. The van der Waals surface area contributed by atoms with Gasteiger partial charge in [-0.05, 0) is 12.8 Å². The number of hydrogen-bond acceptors (Lipinski definition) is 2. The lowest BCUT2D eigenvalue weighted by molar-refractivity contribution is 0.630. The van der Waals surface area contributed by atoms with E-state index in [2.05, 4.69) is 24.5 Å². The van der Waals surface area contributed by atoms with Crippen molar-refractivity contribution >= 4 is 0 Å². The van der Waals surface area contributed by atoms with Gasteiger partial charge in [0.25, 0.3) is 0 Å². The van der Waals surface area contributed by atoms with E-state index >= 15 is 0 Å². The SMILES string of the molecule is C1NCC2(CC2)N1.CC.CCC.[HH].[HH]. The largest absolute Gasteiger partial charge is 0.303 e. The lowest BCUT2D eigenvalue weighted by Crippen LogP contribution is -2.24. The molecule has 0 aromatic heterocycles. The zero-order valence-corrected chi connectivity index (χ0v) is 9.04. The van der Waals surface area contributed by atoms with Crippen molar-refractivity contribution < 1.29 is 2.85 Å². The van der Waals surface area contributed by atoms with Crippen LogP contribution in [0.5, 0.6) is 0 Å². The highest BCUT2D eigenvalue weighted by Gasteiger charge is 2.44. The molecule has 0 aromatic carbocycles. The van der Waals surface area contributed by atoms with E-state index in [4.69, 9.17) is 0 Å². The molecule has 0 aromatic rings. The summed E-state index contributed by atoms with van der Waals surface area (Å²) in [7, 11) is 0. The monoisotopic (exact) mass is 176 g/mol. The Morgan fingerprint density at radius 2 is 1.75 bits per heavy atom. The van der Waals surface area contributed by atoms with Crippen LogP contribution in [0.2, 0.25) is 0 Å². The van der Waals surface area contributed by atoms with Crippen molar-refractivity contribution in [2.75, 3.05) is 13.2 Å². The van der Waals surface area contributed by atoms with E-state index in [0.717, 1.165) is 6.67 Å². The van der Waals surface area contributed by atoms with Gasteiger partial charge in [-0.2, -0.15) is 0 Å². The summed E-state index contributed by atoms with van der Waals surface area (Å²) in [5.74, 6) is 0. The summed E-state index contributed by atoms with van der Waals surface area (Å²) in [5, 5.41) is 6.66. The second-order valence-electron chi connectivity index (χ2n) is 3.27. The third kappa shape index (κ3) is 4.07. The minimum absolute atomic E-state index is 0. The molecule has 2 rings (SSSR count). The molecule has 0 bridgehead atoms. The van der Waals surface area contributed by atoms with Crippen molar-refractivity contribution in [3.8, 4) is 0 Å². The Morgan fingerprint density at radius 1 is 1.25 bits per heavy atom. The van der Waals surface area contributed by atoms with E-state index in [1.165, 1.54) is 25.8 Å². The van der Waals surface area contributed by atoms with Gasteiger partial charge in [0, 0.05) is 21.6 Å². The maximum Gasteiger partial charge on any atom is 0.0459 e. The van der Waals surface area contributed by atoms with E-state index < -0.39 is 0 Å². The minimum atomic E-state index is 0. The van der Waals surface area contributed by atoms with Crippen LogP contribution in [0.1, 0.15) is 49.8 Å². The van der Waals surface area contributed by atoms with Crippen LogP contribution < -0.4 is 10.6 Å². The van der Waals surface area contributed by atoms with Crippen molar-refractivity contribution in [3.05, 3.63) is 0 Å². The van der Waals surface area contributed by atoms with E-state index in [0.29, 0.717) is 5.54 Å². The van der Waals surface area contributed by atoms with Gasteiger partial charge in [0.1, 0.15) is 0 Å². The summed E-state index contributed by atoms with van der Waals surface area (Å²) in [5.41, 5.74) is 0.583. The molecule has 2 fully saturated rings. The minimum Gasteiger partial charge on any atom is -0.303 e. The number of hydrogen-bond donors (Lipinski definition) is 2.